The van der Waals surface area contributed by atoms with Gasteiger partial charge in [0, 0.05) is 0 Å². The summed E-state index contributed by atoms with van der Waals surface area (Å²) in [6.07, 6.45) is 1.71. The molecule has 2 aromatic rings. The first-order chi connectivity index (χ1) is 11.5. The van der Waals surface area contributed by atoms with E-state index in [1.54, 1.807) is 12.1 Å². The molecule has 0 amide bonds. The first-order valence-electron chi connectivity index (χ1n) is 7.94. The van der Waals surface area contributed by atoms with E-state index in [0.29, 0.717) is 12.4 Å². The van der Waals surface area contributed by atoms with Crippen molar-refractivity contribution in [3.63, 3.8) is 0 Å². The first-order valence-corrected chi connectivity index (χ1v) is 7.94. The van der Waals surface area contributed by atoms with Gasteiger partial charge in [0.2, 0.25) is 0 Å². The van der Waals surface area contributed by atoms with Crippen molar-refractivity contribution in [3.05, 3.63) is 59.7 Å². The summed E-state index contributed by atoms with van der Waals surface area (Å²) >= 11 is 0. The van der Waals surface area contributed by atoms with Crippen LogP contribution < -0.4 is 9.47 Å². The highest BCUT2D eigenvalue weighted by Gasteiger charge is 2.28. The third-order valence-corrected chi connectivity index (χ3v) is 3.41. The molecule has 0 aromatic heterocycles. The Labute approximate surface area is 140 Å². The minimum Gasteiger partial charge on any atom is -0.494 e. The predicted molar refractivity (Wildman–Crippen MR) is 89.0 cm³/mol. The van der Waals surface area contributed by atoms with E-state index in [0.717, 1.165) is 29.7 Å². The Balaban J connectivity index is 1.89. The van der Waals surface area contributed by atoms with Crippen molar-refractivity contribution in [1.29, 1.82) is 0 Å². The van der Waals surface area contributed by atoms with Gasteiger partial charge in [0.15, 0.2) is 6.61 Å². The zero-order valence-electron chi connectivity index (χ0n) is 13.7. The number of hydrogen-bond acceptors (Lipinski definition) is 3. The maximum Gasteiger partial charge on any atom is 0.303 e. The fourth-order valence-electron chi connectivity index (χ4n) is 2.10. The Kier molecular flexibility index (Phi) is 6.55. The molecule has 130 valence electrons. The third-order valence-electron chi connectivity index (χ3n) is 3.41. The predicted octanol–water partition coefficient (Wildman–Crippen LogP) is 4.07. The van der Waals surface area contributed by atoms with Crippen molar-refractivity contribution < 1.29 is 23.4 Å². The van der Waals surface area contributed by atoms with E-state index >= 15 is 0 Å². The van der Waals surface area contributed by atoms with Crippen LogP contribution in [0.3, 0.4) is 0 Å². The second-order valence-corrected chi connectivity index (χ2v) is 5.62. The maximum absolute atomic E-state index is 12.9. The Bertz CT molecular complexity index is 610. The fourth-order valence-corrected chi connectivity index (χ4v) is 2.10. The number of ether oxygens (including phenoxy) is 2. The third kappa shape index (κ3) is 5.81. The van der Waals surface area contributed by atoms with Crippen LogP contribution in [0, 0.1) is 0 Å². The molecular weight excluding hydrogens is 314 g/mol. The largest absolute Gasteiger partial charge is 0.494 e. The zero-order chi connectivity index (χ0) is 17.4. The van der Waals surface area contributed by atoms with Gasteiger partial charge in [0.05, 0.1) is 6.61 Å². The van der Waals surface area contributed by atoms with Crippen LogP contribution in [0.4, 0.5) is 8.78 Å². The second-order valence-electron chi connectivity index (χ2n) is 5.62. The normalized spacial score (nSPS) is 11.3. The number of aliphatic hydroxyl groups is 1. The van der Waals surface area contributed by atoms with E-state index in [4.69, 9.17) is 14.6 Å². The minimum atomic E-state index is -3.22. The molecule has 2 rings (SSSR count). The van der Waals surface area contributed by atoms with E-state index in [2.05, 4.69) is 6.92 Å². The number of rotatable bonds is 9. The highest BCUT2D eigenvalue weighted by molar-refractivity contribution is 5.34. The smallest absolute Gasteiger partial charge is 0.303 e. The summed E-state index contributed by atoms with van der Waals surface area (Å²) < 4.78 is 36.4. The number of aliphatic hydroxyl groups excluding tert-OH is 1. The molecule has 0 spiro atoms. The van der Waals surface area contributed by atoms with Gasteiger partial charge < -0.3 is 14.6 Å². The van der Waals surface area contributed by atoms with Gasteiger partial charge >= 0.3 is 5.92 Å². The van der Waals surface area contributed by atoms with Crippen LogP contribution in [0.1, 0.15) is 24.5 Å². The number of alkyl halides is 2. The van der Waals surface area contributed by atoms with Gasteiger partial charge in [0.1, 0.15) is 18.1 Å². The Hall–Kier alpha value is -2.14. The SMILES string of the molecule is CCCOc1ccc(Cc2ccc(OCC(F)(F)CO)cc2)cc1. The first kappa shape index (κ1) is 18.2. The molecule has 5 heteroatoms. The summed E-state index contributed by atoms with van der Waals surface area (Å²) in [5.74, 6) is -2.01. The Morgan fingerprint density at radius 3 is 1.83 bits per heavy atom. The van der Waals surface area contributed by atoms with Crippen LogP contribution in [-0.4, -0.2) is 30.8 Å². The molecule has 24 heavy (non-hydrogen) atoms. The van der Waals surface area contributed by atoms with Crippen molar-refractivity contribution in [2.75, 3.05) is 19.8 Å². The van der Waals surface area contributed by atoms with Gasteiger partial charge in [-0.25, -0.2) is 8.78 Å². The standard InChI is InChI=1S/C19H22F2O3/c1-2-11-23-17-7-3-15(4-8-17)12-16-5-9-18(10-6-16)24-14-19(20,21)13-22/h3-10,22H,2,11-14H2,1H3. The molecule has 0 radical (unpaired) electrons. The summed E-state index contributed by atoms with van der Waals surface area (Å²) in [5.41, 5.74) is 2.19. The minimum absolute atomic E-state index is 0.357. The summed E-state index contributed by atoms with van der Waals surface area (Å²) in [4.78, 5) is 0. The molecule has 0 saturated carbocycles. The number of hydrogen-bond donors (Lipinski definition) is 1. The molecule has 0 fully saturated rings. The average molecular weight is 336 g/mol. The molecule has 0 heterocycles. The molecule has 0 aliphatic carbocycles. The van der Waals surface area contributed by atoms with Crippen LogP contribution in [-0.2, 0) is 6.42 Å². The monoisotopic (exact) mass is 336 g/mol. The molecule has 1 N–H and O–H groups in total. The zero-order valence-corrected chi connectivity index (χ0v) is 13.7. The van der Waals surface area contributed by atoms with Gasteiger partial charge in [-0.15, -0.1) is 0 Å². The molecule has 0 bridgehead atoms. The van der Waals surface area contributed by atoms with E-state index in [-0.39, 0.29) is 0 Å². The molecule has 0 unspecified atom stereocenters. The van der Waals surface area contributed by atoms with E-state index in [1.807, 2.05) is 36.4 Å². The van der Waals surface area contributed by atoms with Gasteiger partial charge in [-0.1, -0.05) is 31.2 Å². The summed E-state index contributed by atoms with van der Waals surface area (Å²) in [6, 6.07) is 14.9. The molecule has 0 atom stereocenters. The van der Waals surface area contributed by atoms with E-state index < -0.39 is 19.1 Å². The van der Waals surface area contributed by atoms with Crippen LogP contribution in [0.15, 0.2) is 48.5 Å². The lowest BCUT2D eigenvalue weighted by Gasteiger charge is -2.14. The topological polar surface area (TPSA) is 38.7 Å². The van der Waals surface area contributed by atoms with Crippen LogP contribution >= 0.6 is 0 Å². The summed E-state index contributed by atoms with van der Waals surface area (Å²) in [5, 5.41) is 8.51. The van der Waals surface area contributed by atoms with Gasteiger partial charge in [-0.05, 0) is 48.2 Å². The Morgan fingerprint density at radius 2 is 1.38 bits per heavy atom. The van der Waals surface area contributed by atoms with Crippen molar-refractivity contribution in [2.24, 2.45) is 0 Å². The van der Waals surface area contributed by atoms with E-state index in [1.165, 1.54) is 0 Å². The number of benzene rings is 2. The van der Waals surface area contributed by atoms with Crippen LogP contribution in [0.2, 0.25) is 0 Å². The maximum atomic E-state index is 12.9. The molecule has 0 aliphatic heterocycles. The second kappa shape index (κ2) is 8.64. The molecule has 0 saturated heterocycles. The molecular formula is C19H22F2O3. The lowest BCUT2D eigenvalue weighted by atomic mass is 10.0. The molecule has 2 aromatic carbocycles. The number of halogens is 2. The van der Waals surface area contributed by atoms with Gasteiger partial charge in [-0.2, -0.15) is 0 Å². The molecule has 3 nitrogen and oxygen atoms in total. The average Bonchev–Trinajstić information content (AvgIpc) is 2.61. The van der Waals surface area contributed by atoms with Crippen molar-refractivity contribution in [2.45, 2.75) is 25.7 Å². The molecule has 0 aliphatic rings. The lowest BCUT2D eigenvalue weighted by molar-refractivity contribution is -0.0801. The lowest BCUT2D eigenvalue weighted by Crippen LogP contribution is -2.29. The van der Waals surface area contributed by atoms with Crippen molar-refractivity contribution in [3.8, 4) is 11.5 Å². The van der Waals surface area contributed by atoms with Crippen LogP contribution in [0.25, 0.3) is 0 Å². The van der Waals surface area contributed by atoms with Crippen molar-refractivity contribution >= 4 is 0 Å². The van der Waals surface area contributed by atoms with E-state index in [9.17, 15) is 8.78 Å². The van der Waals surface area contributed by atoms with Crippen LogP contribution in [0.5, 0.6) is 11.5 Å². The quantitative estimate of drug-likeness (QED) is 0.750. The highest BCUT2D eigenvalue weighted by Crippen LogP contribution is 2.20. The Morgan fingerprint density at radius 1 is 0.875 bits per heavy atom. The summed E-state index contributed by atoms with van der Waals surface area (Å²) in [6.45, 7) is 0.716. The summed E-state index contributed by atoms with van der Waals surface area (Å²) in [7, 11) is 0. The fraction of sp³-hybridized carbons (Fsp3) is 0.368. The highest BCUT2D eigenvalue weighted by atomic mass is 19.3. The van der Waals surface area contributed by atoms with Gasteiger partial charge in [-0.3, -0.25) is 0 Å². The van der Waals surface area contributed by atoms with Crippen molar-refractivity contribution in [1.82, 2.24) is 0 Å². The van der Waals surface area contributed by atoms with Gasteiger partial charge in [0.25, 0.3) is 0 Å².